The van der Waals surface area contributed by atoms with E-state index in [0.717, 1.165) is 0 Å². The SMILES string of the molecule is CCC(C(=O)O)(c1ccc(F)cc1)N1CCOCC1. The zero-order valence-corrected chi connectivity index (χ0v) is 10.9. The molecular formula is C14H18FNO3. The van der Waals surface area contributed by atoms with Crippen molar-refractivity contribution in [2.75, 3.05) is 26.3 Å². The Kier molecular flexibility index (Phi) is 4.17. The monoisotopic (exact) mass is 267 g/mol. The van der Waals surface area contributed by atoms with Crippen molar-refractivity contribution < 1.29 is 19.0 Å². The van der Waals surface area contributed by atoms with Crippen molar-refractivity contribution in [1.29, 1.82) is 0 Å². The first-order chi connectivity index (χ1) is 9.11. The summed E-state index contributed by atoms with van der Waals surface area (Å²) in [6, 6.07) is 5.73. The number of hydrogen-bond donors (Lipinski definition) is 1. The van der Waals surface area contributed by atoms with Gasteiger partial charge in [-0.05, 0) is 24.1 Å². The summed E-state index contributed by atoms with van der Waals surface area (Å²) >= 11 is 0. The van der Waals surface area contributed by atoms with Crippen LogP contribution in [0.15, 0.2) is 24.3 Å². The molecule has 4 nitrogen and oxygen atoms in total. The van der Waals surface area contributed by atoms with Gasteiger partial charge in [0.25, 0.3) is 0 Å². The molecule has 1 atom stereocenters. The van der Waals surface area contributed by atoms with Crippen molar-refractivity contribution >= 4 is 5.97 Å². The van der Waals surface area contributed by atoms with Crippen molar-refractivity contribution in [1.82, 2.24) is 4.90 Å². The lowest BCUT2D eigenvalue weighted by molar-refractivity contribution is -0.156. The molecule has 0 bridgehead atoms. The summed E-state index contributed by atoms with van der Waals surface area (Å²) in [7, 11) is 0. The molecule has 1 N–H and O–H groups in total. The van der Waals surface area contributed by atoms with Gasteiger partial charge in [-0.25, -0.2) is 9.18 Å². The van der Waals surface area contributed by atoms with Gasteiger partial charge in [0.05, 0.1) is 13.2 Å². The second kappa shape index (κ2) is 5.67. The fourth-order valence-electron chi connectivity index (χ4n) is 2.69. The number of aliphatic carboxylic acids is 1. The van der Waals surface area contributed by atoms with Gasteiger partial charge in [0, 0.05) is 13.1 Å². The van der Waals surface area contributed by atoms with E-state index in [1.54, 1.807) is 12.1 Å². The molecule has 5 heteroatoms. The van der Waals surface area contributed by atoms with Gasteiger partial charge in [0.15, 0.2) is 0 Å². The van der Waals surface area contributed by atoms with E-state index in [4.69, 9.17) is 4.74 Å². The number of rotatable bonds is 4. The third kappa shape index (κ3) is 2.48. The summed E-state index contributed by atoms with van der Waals surface area (Å²) in [5, 5.41) is 9.72. The minimum Gasteiger partial charge on any atom is -0.480 e. The lowest BCUT2D eigenvalue weighted by Gasteiger charge is -2.42. The number of carboxylic acids is 1. The maximum absolute atomic E-state index is 13.0. The Hall–Kier alpha value is -1.46. The van der Waals surface area contributed by atoms with Crippen molar-refractivity contribution in [3.05, 3.63) is 35.6 Å². The van der Waals surface area contributed by atoms with E-state index in [1.165, 1.54) is 12.1 Å². The topological polar surface area (TPSA) is 49.8 Å². The van der Waals surface area contributed by atoms with E-state index in [0.29, 0.717) is 38.3 Å². The minimum atomic E-state index is -1.10. The molecule has 1 unspecified atom stereocenters. The Labute approximate surface area is 111 Å². The molecule has 104 valence electrons. The number of nitrogens with zero attached hydrogens (tertiary/aromatic N) is 1. The Morgan fingerprint density at radius 3 is 2.42 bits per heavy atom. The quantitative estimate of drug-likeness (QED) is 0.904. The van der Waals surface area contributed by atoms with Crippen LogP contribution in [-0.2, 0) is 15.1 Å². The molecule has 0 spiro atoms. The molecule has 0 saturated carbocycles. The largest absolute Gasteiger partial charge is 0.480 e. The Balaban J connectivity index is 2.43. The molecule has 0 radical (unpaired) electrons. The lowest BCUT2D eigenvalue weighted by atomic mass is 9.85. The van der Waals surface area contributed by atoms with Crippen LogP contribution in [0.3, 0.4) is 0 Å². The first kappa shape index (κ1) is 14.0. The van der Waals surface area contributed by atoms with Crippen LogP contribution in [0.5, 0.6) is 0 Å². The normalized spacial score (nSPS) is 19.9. The van der Waals surface area contributed by atoms with Crippen molar-refractivity contribution in [2.24, 2.45) is 0 Å². The number of morpholine rings is 1. The van der Waals surface area contributed by atoms with Gasteiger partial charge in [-0.15, -0.1) is 0 Å². The molecular weight excluding hydrogens is 249 g/mol. The number of halogens is 1. The highest BCUT2D eigenvalue weighted by atomic mass is 19.1. The highest BCUT2D eigenvalue weighted by Crippen LogP contribution is 2.33. The summed E-state index contributed by atoms with van der Waals surface area (Å²) in [5.41, 5.74) is -0.483. The summed E-state index contributed by atoms with van der Waals surface area (Å²) < 4.78 is 18.3. The van der Waals surface area contributed by atoms with Crippen LogP contribution < -0.4 is 0 Å². The number of benzene rings is 1. The number of hydrogen-bond acceptors (Lipinski definition) is 3. The third-order valence-electron chi connectivity index (χ3n) is 3.74. The first-order valence-corrected chi connectivity index (χ1v) is 6.43. The summed E-state index contributed by atoms with van der Waals surface area (Å²) in [6.45, 7) is 4.02. The average molecular weight is 267 g/mol. The van der Waals surface area contributed by atoms with Crippen LogP contribution in [0.4, 0.5) is 4.39 Å². The first-order valence-electron chi connectivity index (χ1n) is 6.43. The molecule has 19 heavy (non-hydrogen) atoms. The van der Waals surface area contributed by atoms with Crippen molar-refractivity contribution in [2.45, 2.75) is 18.9 Å². The molecule has 1 aliphatic heterocycles. The van der Waals surface area contributed by atoms with Crippen LogP contribution in [0.25, 0.3) is 0 Å². The average Bonchev–Trinajstić information content (AvgIpc) is 2.43. The molecule has 1 aromatic carbocycles. The molecule has 0 amide bonds. The van der Waals surface area contributed by atoms with E-state index in [1.807, 2.05) is 11.8 Å². The lowest BCUT2D eigenvalue weighted by Crippen LogP contribution is -2.55. The predicted octanol–water partition coefficient (Wildman–Crippen LogP) is 1.85. The van der Waals surface area contributed by atoms with Gasteiger partial charge in [-0.3, -0.25) is 4.90 Å². The fraction of sp³-hybridized carbons (Fsp3) is 0.500. The van der Waals surface area contributed by atoms with Crippen LogP contribution in [0.2, 0.25) is 0 Å². The standard InChI is InChI=1S/C14H18FNO3/c1-2-14(13(17)18,16-7-9-19-10-8-16)11-3-5-12(15)6-4-11/h3-6H,2,7-10H2,1H3,(H,17,18). The van der Waals surface area contributed by atoms with Gasteiger partial charge >= 0.3 is 5.97 Å². The number of ether oxygens (including phenoxy) is 1. The summed E-state index contributed by atoms with van der Waals surface area (Å²) in [4.78, 5) is 13.8. The van der Waals surface area contributed by atoms with Crippen LogP contribution in [0, 0.1) is 5.82 Å². The smallest absolute Gasteiger partial charge is 0.328 e. The van der Waals surface area contributed by atoms with Crippen LogP contribution in [0.1, 0.15) is 18.9 Å². The zero-order chi connectivity index (χ0) is 13.9. The Morgan fingerprint density at radius 2 is 1.95 bits per heavy atom. The molecule has 1 aromatic rings. The molecule has 1 fully saturated rings. The maximum Gasteiger partial charge on any atom is 0.328 e. The molecule has 1 saturated heterocycles. The minimum absolute atomic E-state index is 0.360. The predicted molar refractivity (Wildman–Crippen MR) is 68.4 cm³/mol. The van der Waals surface area contributed by atoms with E-state index in [-0.39, 0.29) is 5.82 Å². The summed E-state index contributed by atoms with van der Waals surface area (Å²) in [6.07, 6.45) is 0.425. The number of carbonyl (C=O) groups is 1. The molecule has 0 aliphatic carbocycles. The molecule has 1 aliphatic rings. The van der Waals surface area contributed by atoms with E-state index in [2.05, 4.69) is 0 Å². The molecule has 2 rings (SSSR count). The Bertz CT molecular complexity index is 443. The van der Waals surface area contributed by atoms with Crippen LogP contribution in [-0.4, -0.2) is 42.3 Å². The van der Waals surface area contributed by atoms with Gasteiger partial charge < -0.3 is 9.84 Å². The highest BCUT2D eigenvalue weighted by molar-refractivity contribution is 5.80. The second-order valence-corrected chi connectivity index (χ2v) is 4.63. The molecule has 0 aromatic heterocycles. The van der Waals surface area contributed by atoms with Crippen molar-refractivity contribution in [3.8, 4) is 0 Å². The van der Waals surface area contributed by atoms with Crippen molar-refractivity contribution in [3.63, 3.8) is 0 Å². The fourth-order valence-corrected chi connectivity index (χ4v) is 2.69. The second-order valence-electron chi connectivity index (χ2n) is 4.63. The van der Waals surface area contributed by atoms with Gasteiger partial charge in [0.2, 0.25) is 0 Å². The van der Waals surface area contributed by atoms with E-state index < -0.39 is 11.5 Å². The van der Waals surface area contributed by atoms with Gasteiger partial charge in [-0.1, -0.05) is 19.1 Å². The van der Waals surface area contributed by atoms with E-state index >= 15 is 0 Å². The maximum atomic E-state index is 13.0. The molecule has 1 heterocycles. The van der Waals surface area contributed by atoms with Gasteiger partial charge in [-0.2, -0.15) is 0 Å². The summed E-state index contributed by atoms with van der Waals surface area (Å²) in [5.74, 6) is -1.26. The van der Waals surface area contributed by atoms with E-state index in [9.17, 15) is 14.3 Å². The van der Waals surface area contributed by atoms with Gasteiger partial charge in [0.1, 0.15) is 11.4 Å². The number of carboxylic acid groups (broad SMARTS) is 1. The highest BCUT2D eigenvalue weighted by Gasteiger charge is 2.44. The zero-order valence-electron chi connectivity index (χ0n) is 10.9. The Morgan fingerprint density at radius 1 is 1.37 bits per heavy atom. The third-order valence-corrected chi connectivity index (χ3v) is 3.74. The van der Waals surface area contributed by atoms with Crippen LogP contribution >= 0.6 is 0 Å².